The molecule has 194 valence electrons. The fourth-order valence-corrected chi connectivity index (χ4v) is 5.35. The van der Waals surface area contributed by atoms with E-state index in [0.717, 1.165) is 24.1 Å². The van der Waals surface area contributed by atoms with Crippen molar-refractivity contribution in [2.75, 3.05) is 26.2 Å². The second-order valence-corrected chi connectivity index (χ2v) is 10.0. The monoisotopic (exact) mass is 501 g/mol. The summed E-state index contributed by atoms with van der Waals surface area (Å²) in [4.78, 5) is 29.5. The van der Waals surface area contributed by atoms with Gasteiger partial charge in [-0.15, -0.1) is 0 Å². The number of carbonyl (C=O) groups is 2. The van der Waals surface area contributed by atoms with Crippen LogP contribution in [0, 0.1) is 6.92 Å². The van der Waals surface area contributed by atoms with Gasteiger partial charge in [-0.25, -0.2) is 0 Å². The molecule has 2 unspecified atom stereocenters. The molecular formula is C30H35N3O4. The van der Waals surface area contributed by atoms with Gasteiger partial charge in [0.2, 0.25) is 5.91 Å². The van der Waals surface area contributed by atoms with Crippen LogP contribution in [0.3, 0.4) is 0 Å². The molecule has 2 aromatic carbocycles. The van der Waals surface area contributed by atoms with Crippen molar-refractivity contribution in [1.29, 1.82) is 0 Å². The molecule has 7 nitrogen and oxygen atoms in total. The van der Waals surface area contributed by atoms with Crippen molar-refractivity contribution >= 4 is 11.8 Å². The molecular weight excluding hydrogens is 466 g/mol. The molecule has 0 bridgehead atoms. The van der Waals surface area contributed by atoms with Gasteiger partial charge in [0.25, 0.3) is 5.91 Å². The van der Waals surface area contributed by atoms with Gasteiger partial charge < -0.3 is 24.3 Å². The SMILES string of the molecule is CCC(=O)N1CCc2ccc(OCc3ccc(C(=O)N4CCNC(C)C4)o3)cc2C1c1cccc(C)c1. The zero-order valence-electron chi connectivity index (χ0n) is 21.8. The number of furan rings is 1. The van der Waals surface area contributed by atoms with Crippen LogP contribution in [0.15, 0.2) is 59.0 Å². The van der Waals surface area contributed by atoms with Crippen LogP contribution >= 0.6 is 0 Å². The lowest BCUT2D eigenvalue weighted by Gasteiger charge is -2.38. The summed E-state index contributed by atoms with van der Waals surface area (Å²) in [6, 6.07) is 18.1. The predicted molar refractivity (Wildman–Crippen MR) is 142 cm³/mol. The van der Waals surface area contributed by atoms with Crippen LogP contribution in [-0.2, 0) is 17.8 Å². The summed E-state index contributed by atoms with van der Waals surface area (Å²) >= 11 is 0. The molecule has 0 aliphatic carbocycles. The molecule has 1 fully saturated rings. The van der Waals surface area contributed by atoms with Crippen LogP contribution in [0.4, 0.5) is 0 Å². The predicted octanol–water partition coefficient (Wildman–Crippen LogP) is 4.49. The number of hydrogen-bond acceptors (Lipinski definition) is 5. The average Bonchev–Trinajstić information content (AvgIpc) is 3.39. The summed E-state index contributed by atoms with van der Waals surface area (Å²) in [6.07, 6.45) is 1.29. The van der Waals surface area contributed by atoms with E-state index in [1.807, 2.05) is 28.9 Å². The molecule has 2 amide bonds. The number of fused-ring (bicyclic) bond motifs is 1. The standard InChI is InChI=1S/C30H35N3O4/c1-4-28(34)33-14-12-22-8-9-24(17-26(22)29(33)23-7-5-6-20(2)16-23)36-19-25-10-11-27(37-25)30(35)32-15-13-31-21(3)18-32/h5-11,16-17,21,29,31H,4,12-15,18-19H2,1-3H3. The molecule has 2 atom stereocenters. The number of aryl methyl sites for hydroxylation is 1. The molecule has 0 saturated carbocycles. The van der Waals surface area contributed by atoms with E-state index in [-0.39, 0.29) is 30.5 Å². The largest absolute Gasteiger partial charge is 0.486 e. The minimum Gasteiger partial charge on any atom is -0.486 e. The van der Waals surface area contributed by atoms with Crippen LogP contribution in [0.1, 0.15) is 64.9 Å². The number of amides is 2. The third-order valence-electron chi connectivity index (χ3n) is 7.24. The van der Waals surface area contributed by atoms with Crippen molar-refractivity contribution in [1.82, 2.24) is 15.1 Å². The van der Waals surface area contributed by atoms with Crippen molar-refractivity contribution in [3.63, 3.8) is 0 Å². The van der Waals surface area contributed by atoms with Gasteiger partial charge in [-0.1, -0.05) is 42.8 Å². The summed E-state index contributed by atoms with van der Waals surface area (Å²) < 4.78 is 12.0. The number of rotatable bonds is 6. The van der Waals surface area contributed by atoms with Crippen LogP contribution in [-0.4, -0.2) is 53.8 Å². The maximum Gasteiger partial charge on any atom is 0.289 e. The maximum atomic E-state index is 12.9. The minimum absolute atomic E-state index is 0.0879. The Balaban J connectivity index is 1.34. The normalized spacial score (nSPS) is 19.4. The molecule has 3 aromatic rings. The Hall–Kier alpha value is -3.58. The van der Waals surface area contributed by atoms with Gasteiger partial charge in [0.05, 0.1) is 6.04 Å². The summed E-state index contributed by atoms with van der Waals surface area (Å²) in [6.45, 7) is 9.10. The molecule has 2 aliphatic rings. The summed E-state index contributed by atoms with van der Waals surface area (Å²) in [5.74, 6) is 1.71. The van der Waals surface area contributed by atoms with Crippen LogP contribution < -0.4 is 10.1 Å². The van der Waals surface area contributed by atoms with E-state index in [1.165, 1.54) is 11.1 Å². The lowest BCUT2D eigenvalue weighted by atomic mass is 9.87. The van der Waals surface area contributed by atoms with Gasteiger partial charge in [-0.3, -0.25) is 9.59 Å². The number of piperazine rings is 1. The minimum atomic E-state index is -0.145. The summed E-state index contributed by atoms with van der Waals surface area (Å²) in [5.41, 5.74) is 4.60. The molecule has 0 radical (unpaired) electrons. The highest BCUT2D eigenvalue weighted by Crippen LogP contribution is 2.38. The quantitative estimate of drug-likeness (QED) is 0.539. The molecule has 1 N–H and O–H groups in total. The highest BCUT2D eigenvalue weighted by atomic mass is 16.5. The van der Waals surface area contributed by atoms with Crippen LogP contribution in [0.2, 0.25) is 0 Å². The zero-order chi connectivity index (χ0) is 25.9. The highest BCUT2D eigenvalue weighted by molar-refractivity contribution is 5.91. The van der Waals surface area contributed by atoms with E-state index < -0.39 is 0 Å². The number of benzene rings is 2. The van der Waals surface area contributed by atoms with E-state index in [1.54, 1.807) is 12.1 Å². The lowest BCUT2D eigenvalue weighted by molar-refractivity contribution is -0.132. The Morgan fingerprint density at radius 2 is 1.97 bits per heavy atom. The van der Waals surface area contributed by atoms with Crippen molar-refractivity contribution in [2.24, 2.45) is 0 Å². The van der Waals surface area contributed by atoms with E-state index in [9.17, 15) is 9.59 Å². The first kappa shape index (κ1) is 25.1. The lowest BCUT2D eigenvalue weighted by Crippen LogP contribution is -2.51. The second kappa shape index (κ2) is 10.8. The first-order valence-corrected chi connectivity index (χ1v) is 13.2. The van der Waals surface area contributed by atoms with Crippen molar-refractivity contribution in [3.05, 3.63) is 88.4 Å². The summed E-state index contributed by atoms with van der Waals surface area (Å²) in [5, 5.41) is 3.35. The number of ether oxygens (including phenoxy) is 1. The molecule has 1 aromatic heterocycles. The fraction of sp³-hybridized carbons (Fsp3) is 0.400. The maximum absolute atomic E-state index is 12.9. The Kier molecular flexibility index (Phi) is 7.33. The molecule has 7 heteroatoms. The Bertz CT molecular complexity index is 1280. The molecule has 3 heterocycles. The van der Waals surface area contributed by atoms with Gasteiger partial charge >= 0.3 is 0 Å². The Labute approximate surface area is 218 Å². The number of hydrogen-bond donors (Lipinski definition) is 1. The number of nitrogens with zero attached hydrogens (tertiary/aromatic N) is 2. The third kappa shape index (κ3) is 5.42. The topological polar surface area (TPSA) is 75.0 Å². The second-order valence-electron chi connectivity index (χ2n) is 10.0. The first-order valence-electron chi connectivity index (χ1n) is 13.2. The molecule has 1 saturated heterocycles. The highest BCUT2D eigenvalue weighted by Gasteiger charge is 2.32. The van der Waals surface area contributed by atoms with E-state index >= 15 is 0 Å². The Morgan fingerprint density at radius 3 is 2.76 bits per heavy atom. The smallest absolute Gasteiger partial charge is 0.289 e. The fourth-order valence-electron chi connectivity index (χ4n) is 5.35. The molecule has 5 rings (SSSR count). The van der Waals surface area contributed by atoms with E-state index in [0.29, 0.717) is 43.3 Å². The van der Waals surface area contributed by atoms with Gasteiger partial charge in [-0.05, 0) is 61.2 Å². The van der Waals surface area contributed by atoms with Gasteiger partial charge in [-0.2, -0.15) is 0 Å². The average molecular weight is 502 g/mol. The molecule has 37 heavy (non-hydrogen) atoms. The van der Waals surface area contributed by atoms with Crippen LogP contribution in [0.25, 0.3) is 0 Å². The van der Waals surface area contributed by atoms with Crippen LogP contribution in [0.5, 0.6) is 5.75 Å². The molecule has 0 spiro atoms. The van der Waals surface area contributed by atoms with E-state index in [4.69, 9.17) is 9.15 Å². The van der Waals surface area contributed by atoms with Gasteiger partial charge in [0.15, 0.2) is 5.76 Å². The van der Waals surface area contributed by atoms with Crippen molar-refractivity contribution < 1.29 is 18.7 Å². The van der Waals surface area contributed by atoms with Gasteiger partial charge in [0.1, 0.15) is 18.1 Å². The first-order chi connectivity index (χ1) is 17.9. The molecule has 2 aliphatic heterocycles. The Morgan fingerprint density at radius 1 is 1.11 bits per heavy atom. The van der Waals surface area contributed by atoms with E-state index in [2.05, 4.69) is 49.5 Å². The van der Waals surface area contributed by atoms with Gasteiger partial charge in [0, 0.05) is 38.6 Å². The van der Waals surface area contributed by atoms with Crippen molar-refractivity contribution in [3.8, 4) is 5.75 Å². The zero-order valence-corrected chi connectivity index (χ0v) is 21.8. The number of carbonyl (C=O) groups excluding carboxylic acids is 2. The number of nitrogens with one attached hydrogen (secondary N) is 1. The summed E-state index contributed by atoms with van der Waals surface area (Å²) in [7, 11) is 0. The third-order valence-corrected chi connectivity index (χ3v) is 7.24. The van der Waals surface area contributed by atoms with Crippen molar-refractivity contribution in [2.45, 2.75) is 52.3 Å².